The molecule has 0 radical (unpaired) electrons. The smallest absolute Gasteiger partial charge is 0.220 e. The predicted molar refractivity (Wildman–Crippen MR) is 299 cm³/mol. The molecule has 0 spiro atoms. The fourth-order valence-electron chi connectivity index (χ4n) is 8.18. The highest BCUT2D eigenvalue weighted by atomic mass is 16.3. The number of hydrogen-bond donors (Lipinski definition) is 3. The van der Waals surface area contributed by atoms with Crippen LogP contribution in [0.2, 0.25) is 0 Å². The van der Waals surface area contributed by atoms with Crippen molar-refractivity contribution >= 4 is 5.91 Å². The lowest BCUT2D eigenvalue weighted by Crippen LogP contribution is -2.45. The van der Waals surface area contributed by atoms with Gasteiger partial charge in [-0.25, -0.2) is 0 Å². The molecule has 0 aromatic carbocycles. The average molecular weight is 929 g/mol. The van der Waals surface area contributed by atoms with Gasteiger partial charge >= 0.3 is 0 Å². The summed E-state index contributed by atoms with van der Waals surface area (Å²) in [5.74, 6) is -0.0877. The Hall–Kier alpha value is -2.95. The molecule has 0 fully saturated rings. The van der Waals surface area contributed by atoms with Gasteiger partial charge in [-0.3, -0.25) is 4.79 Å². The summed E-state index contributed by atoms with van der Waals surface area (Å²) in [7, 11) is 0. The number of aliphatic hydroxyl groups excluding tert-OH is 2. The highest BCUT2D eigenvalue weighted by molar-refractivity contribution is 5.76. The Morgan fingerprint density at radius 2 is 0.672 bits per heavy atom. The second-order valence-corrected chi connectivity index (χ2v) is 19.0. The van der Waals surface area contributed by atoms with E-state index < -0.39 is 12.1 Å². The maximum atomic E-state index is 12.5. The first kappa shape index (κ1) is 64.0. The van der Waals surface area contributed by atoms with E-state index in [4.69, 9.17) is 0 Å². The van der Waals surface area contributed by atoms with Crippen molar-refractivity contribution in [3.63, 3.8) is 0 Å². The largest absolute Gasteiger partial charge is 0.394 e. The average Bonchev–Trinajstić information content (AvgIpc) is 3.33. The van der Waals surface area contributed by atoms with Gasteiger partial charge < -0.3 is 15.5 Å². The third-order valence-corrected chi connectivity index (χ3v) is 12.5. The van der Waals surface area contributed by atoms with E-state index >= 15 is 0 Å². The molecule has 0 saturated carbocycles. The van der Waals surface area contributed by atoms with Crippen LogP contribution in [0.4, 0.5) is 0 Å². The molecule has 2 unspecified atom stereocenters. The number of carbonyl (C=O) groups excluding carboxylic acids is 1. The van der Waals surface area contributed by atoms with E-state index in [0.717, 1.165) is 89.9 Å². The molecule has 2 atom stereocenters. The van der Waals surface area contributed by atoms with Crippen molar-refractivity contribution < 1.29 is 15.0 Å². The van der Waals surface area contributed by atoms with Gasteiger partial charge in [-0.05, 0) is 89.9 Å². The minimum atomic E-state index is -0.876. The summed E-state index contributed by atoms with van der Waals surface area (Å²) in [6.07, 6.45) is 86.8. The van der Waals surface area contributed by atoms with Gasteiger partial charge in [0.15, 0.2) is 0 Å². The molecule has 3 N–H and O–H groups in total. The topological polar surface area (TPSA) is 69.6 Å². The summed E-state index contributed by atoms with van der Waals surface area (Å²) in [5, 5.41) is 23.2. The monoisotopic (exact) mass is 928 g/mol. The number of nitrogens with one attached hydrogen (secondary N) is 1. The van der Waals surface area contributed by atoms with Gasteiger partial charge in [-0.2, -0.15) is 0 Å². The zero-order valence-electron chi connectivity index (χ0n) is 44.1. The Morgan fingerprint density at radius 3 is 1.04 bits per heavy atom. The molecule has 0 aliphatic heterocycles. The number of amides is 1. The van der Waals surface area contributed by atoms with Crippen molar-refractivity contribution in [2.24, 2.45) is 0 Å². The first-order valence-corrected chi connectivity index (χ1v) is 28.6. The lowest BCUT2D eigenvalue weighted by Gasteiger charge is -2.19. The molecule has 0 aromatic heterocycles. The van der Waals surface area contributed by atoms with Gasteiger partial charge in [0.2, 0.25) is 5.91 Å². The maximum Gasteiger partial charge on any atom is 0.220 e. The van der Waals surface area contributed by atoms with E-state index in [0.29, 0.717) is 6.42 Å². The Labute approximate surface area is 416 Å². The van der Waals surface area contributed by atoms with Crippen molar-refractivity contribution in [2.45, 2.75) is 276 Å². The van der Waals surface area contributed by atoms with Crippen LogP contribution < -0.4 is 5.32 Å². The summed E-state index contributed by atoms with van der Waals surface area (Å²) in [6.45, 7) is 4.19. The zero-order valence-corrected chi connectivity index (χ0v) is 44.1. The van der Waals surface area contributed by atoms with Crippen LogP contribution in [0.3, 0.4) is 0 Å². The molecule has 0 heterocycles. The molecule has 0 aliphatic carbocycles. The van der Waals surface area contributed by atoms with Gasteiger partial charge in [0.05, 0.1) is 18.8 Å². The van der Waals surface area contributed by atoms with Crippen molar-refractivity contribution in [2.75, 3.05) is 6.61 Å². The lowest BCUT2D eigenvalue weighted by molar-refractivity contribution is -0.123. The van der Waals surface area contributed by atoms with E-state index in [9.17, 15) is 15.0 Å². The molecule has 0 saturated heterocycles. The van der Waals surface area contributed by atoms with Crippen LogP contribution in [0.25, 0.3) is 0 Å². The van der Waals surface area contributed by atoms with Gasteiger partial charge in [0.1, 0.15) is 0 Å². The summed E-state index contributed by atoms with van der Waals surface area (Å²) in [6, 6.07) is -0.654. The third-order valence-electron chi connectivity index (χ3n) is 12.5. The molecule has 4 nitrogen and oxygen atoms in total. The fraction of sp³-hybridized carbons (Fsp3) is 0.698. The highest BCUT2D eigenvalue weighted by Gasteiger charge is 2.17. The number of aliphatic hydroxyl groups is 2. The molecular formula is C63H109NO3. The molecule has 0 aliphatic rings. The first-order chi connectivity index (χ1) is 33.2. The van der Waals surface area contributed by atoms with E-state index in [1.54, 1.807) is 6.08 Å². The third kappa shape index (κ3) is 53.9. The highest BCUT2D eigenvalue weighted by Crippen LogP contribution is 2.16. The van der Waals surface area contributed by atoms with Gasteiger partial charge in [-0.1, -0.05) is 277 Å². The number of carbonyl (C=O) groups is 1. The van der Waals surface area contributed by atoms with Gasteiger partial charge in [-0.15, -0.1) is 0 Å². The van der Waals surface area contributed by atoms with Gasteiger partial charge in [0.25, 0.3) is 0 Å². The molecule has 0 rings (SSSR count). The minimum Gasteiger partial charge on any atom is -0.394 e. The lowest BCUT2D eigenvalue weighted by atomic mass is 10.0. The van der Waals surface area contributed by atoms with Crippen LogP contribution in [0, 0.1) is 0 Å². The minimum absolute atomic E-state index is 0.0877. The zero-order chi connectivity index (χ0) is 48.5. The van der Waals surface area contributed by atoms with Gasteiger partial charge in [0, 0.05) is 6.42 Å². The van der Waals surface area contributed by atoms with Crippen LogP contribution in [0.15, 0.2) is 109 Å². The number of unbranched alkanes of at least 4 members (excludes halogenated alkanes) is 28. The predicted octanol–water partition coefficient (Wildman–Crippen LogP) is 19.1. The summed E-state index contributed by atoms with van der Waals surface area (Å²) in [4.78, 5) is 12.5. The Morgan fingerprint density at radius 1 is 0.373 bits per heavy atom. The number of hydrogen-bond acceptors (Lipinski definition) is 3. The fourth-order valence-corrected chi connectivity index (χ4v) is 8.18. The molecular weight excluding hydrogens is 819 g/mol. The second kappa shape index (κ2) is 57.4. The summed E-state index contributed by atoms with van der Waals surface area (Å²) in [5.41, 5.74) is 0. The van der Waals surface area contributed by atoms with Crippen LogP contribution in [0.5, 0.6) is 0 Å². The standard InChI is InChI=1S/C63H109NO3/c1-3-5-7-9-11-13-15-17-19-21-23-25-27-29-31-32-33-35-37-39-41-43-45-47-49-51-53-55-57-59-63(67)64-61(60-65)62(66)58-56-54-52-50-48-46-44-42-40-38-36-34-30-28-26-24-22-20-18-16-14-12-10-8-6-4-2/h5,7,11,13,17,19,23,25,29,31,33,35,39,41,48,50,56,58,61-62,65-66H,3-4,6,8-10,12,14-16,18,20-22,24,26-28,30,32,34,36-38,40,42-47,49,51-55,57,59-60H2,1-2H3,(H,64,67)/b7-5-,13-11-,19-17-,25-23-,31-29-,35-33-,41-39-,50-48+,58-56+. The Kier molecular flexibility index (Phi) is 54.8. The van der Waals surface area contributed by atoms with Crippen LogP contribution in [-0.4, -0.2) is 34.9 Å². The first-order valence-electron chi connectivity index (χ1n) is 28.6. The maximum absolute atomic E-state index is 12.5. The van der Waals surface area contributed by atoms with E-state index in [-0.39, 0.29) is 12.5 Å². The Bertz CT molecular complexity index is 1280. The van der Waals surface area contributed by atoms with E-state index in [1.807, 2.05) is 6.08 Å². The molecule has 4 heteroatoms. The Balaban J connectivity index is 3.62. The molecule has 0 aromatic rings. The number of allylic oxidation sites excluding steroid dienone is 17. The summed E-state index contributed by atoms with van der Waals surface area (Å²) < 4.78 is 0. The van der Waals surface area contributed by atoms with Crippen molar-refractivity contribution in [1.82, 2.24) is 5.32 Å². The molecule has 1 amide bonds. The molecule has 67 heavy (non-hydrogen) atoms. The van der Waals surface area contributed by atoms with Crippen LogP contribution in [0.1, 0.15) is 264 Å². The van der Waals surface area contributed by atoms with E-state index in [2.05, 4.69) is 116 Å². The van der Waals surface area contributed by atoms with Crippen LogP contribution >= 0.6 is 0 Å². The van der Waals surface area contributed by atoms with Crippen molar-refractivity contribution in [3.05, 3.63) is 109 Å². The van der Waals surface area contributed by atoms with Crippen molar-refractivity contribution in [3.8, 4) is 0 Å². The van der Waals surface area contributed by atoms with Crippen LogP contribution in [-0.2, 0) is 4.79 Å². The normalized spacial score (nSPS) is 13.7. The summed E-state index contributed by atoms with van der Waals surface area (Å²) >= 11 is 0. The van der Waals surface area contributed by atoms with Crippen molar-refractivity contribution in [1.29, 1.82) is 0 Å². The second-order valence-electron chi connectivity index (χ2n) is 19.0. The SMILES string of the molecule is CC/C=C\C/C=C\C/C=C\C/C=C\C/C=C\C/C=C\C/C=C\CCCCCCCCCC(=O)NC(CO)C(O)/C=C/CC/C=C/CCCCCCCCCCCCCCCCCCCCCC. The quantitative estimate of drug-likeness (QED) is 0.0420. The molecule has 384 valence electrons. The molecule has 0 bridgehead atoms. The van der Waals surface area contributed by atoms with E-state index in [1.165, 1.54) is 154 Å². The number of rotatable bonds is 51.